The van der Waals surface area contributed by atoms with Gasteiger partial charge in [0.2, 0.25) is 0 Å². The molecule has 0 aliphatic heterocycles. The number of nitrogens with one attached hydrogen (secondary N) is 1. The van der Waals surface area contributed by atoms with Crippen molar-refractivity contribution in [1.29, 1.82) is 0 Å². The van der Waals surface area contributed by atoms with Crippen LogP contribution in [0.5, 0.6) is 0 Å². The molecule has 1 fully saturated rings. The Morgan fingerprint density at radius 3 is 2.72 bits per heavy atom. The summed E-state index contributed by atoms with van der Waals surface area (Å²) >= 11 is 12.1. The highest BCUT2D eigenvalue weighted by Gasteiger charge is 2.26. The Morgan fingerprint density at radius 2 is 2.00 bits per heavy atom. The topological polar surface area (TPSA) is 12.0 Å². The number of hydrogen-bond donors (Lipinski definition) is 1. The molecule has 1 aromatic carbocycles. The van der Waals surface area contributed by atoms with Crippen LogP contribution in [0.3, 0.4) is 0 Å². The van der Waals surface area contributed by atoms with E-state index < -0.39 is 0 Å². The summed E-state index contributed by atoms with van der Waals surface area (Å²) in [4.78, 5) is 0. The Hall–Kier alpha value is -0.240. The van der Waals surface area contributed by atoms with Crippen LogP contribution in [-0.4, -0.2) is 6.04 Å². The summed E-state index contributed by atoms with van der Waals surface area (Å²) in [7, 11) is 0. The highest BCUT2D eigenvalue weighted by molar-refractivity contribution is 6.35. The van der Waals surface area contributed by atoms with Crippen LogP contribution in [0.15, 0.2) is 18.2 Å². The summed E-state index contributed by atoms with van der Waals surface area (Å²) in [5, 5.41) is 5.10. The molecule has 1 nitrogen and oxygen atoms in total. The van der Waals surface area contributed by atoms with Crippen LogP contribution in [0.1, 0.15) is 38.7 Å². The molecule has 100 valence electrons. The standard InChI is InChI=1S/C15H21Cl2N/c1-10-4-3-5-15(11(10)2)18-9-12-6-7-13(16)8-14(12)17/h6-8,10-11,15,18H,3-5,9H2,1-2H3/t10-,11+,15+/m0/s1. The van der Waals surface area contributed by atoms with Crippen LogP contribution < -0.4 is 5.32 Å². The van der Waals surface area contributed by atoms with Crippen molar-refractivity contribution in [3.8, 4) is 0 Å². The van der Waals surface area contributed by atoms with Crippen molar-refractivity contribution < 1.29 is 0 Å². The molecule has 1 aliphatic rings. The number of hydrogen-bond acceptors (Lipinski definition) is 1. The molecule has 0 radical (unpaired) electrons. The molecule has 1 aliphatic carbocycles. The second kappa shape index (κ2) is 6.27. The molecular formula is C15H21Cl2N. The van der Waals surface area contributed by atoms with E-state index in [4.69, 9.17) is 23.2 Å². The van der Waals surface area contributed by atoms with Crippen LogP contribution >= 0.6 is 23.2 Å². The molecule has 1 aromatic rings. The maximum Gasteiger partial charge on any atom is 0.0465 e. The SMILES string of the molecule is C[C@@H]1[C@@H](C)CCC[C@H]1NCc1ccc(Cl)cc1Cl. The van der Waals surface area contributed by atoms with Crippen LogP contribution in [0, 0.1) is 11.8 Å². The number of rotatable bonds is 3. The van der Waals surface area contributed by atoms with E-state index in [0.29, 0.717) is 11.1 Å². The normalized spacial score (nSPS) is 28.3. The minimum absolute atomic E-state index is 0.612. The van der Waals surface area contributed by atoms with Crippen molar-refractivity contribution in [3.63, 3.8) is 0 Å². The lowest BCUT2D eigenvalue weighted by Gasteiger charge is -2.34. The van der Waals surface area contributed by atoms with E-state index >= 15 is 0 Å². The molecule has 18 heavy (non-hydrogen) atoms. The molecule has 1 N–H and O–H groups in total. The van der Waals surface area contributed by atoms with Gasteiger partial charge >= 0.3 is 0 Å². The van der Waals surface area contributed by atoms with E-state index in [1.165, 1.54) is 19.3 Å². The monoisotopic (exact) mass is 285 g/mol. The van der Waals surface area contributed by atoms with E-state index in [0.717, 1.165) is 29.0 Å². The van der Waals surface area contributed by atoms with Crippen molar-refractivity contribution in [1.82, 2.24) is 5.32 Å². The second-order valence-electron chi connectivity index (χ2n) is 5.49. The zero-order valence-electron chi connectivity index (χ0n) is 11.0. The molecule has 0 bridgehead atoms. The Labute approximate surface area is 120 Å². The maximum absolute atomic E-state index is 6.19. The molecule has 0 aromatic heterocycles. The Bertz CT molecular complexity index is 405. The van der Waals surface area contributed by atoms with Crippen LogP contribution in [0.2, 0.25) is 10.0 Å². The Morgan fingerprint density at radius 1 is 1.22 bits per heavy atom. The molecule has 3 atom stereocenters. The first-order valence-electron chi connectivity index (χ1n) is 6.75. The Balaban J connectivity index is 1.94. The number of halogens is 2. The quantitative estimate of drug-likeness (QED) is 0.832. The third kappa shape index (κ3) is 3.40. The largest absolute Gasteiger partial charge is 0.310 e. The number of benzene rings is 1. The highest BCUT2D eigenvalue weighted by atomic mass is 35.5. The summed E-state index contributed by atoms with van der Waals surface area (Å²) in [6.45, 7) is 5.54. The van der Waals surface area contributed by atoms with Gasteiger partial charge in [0, 0.05) is 22.6 Å². The fraction of sp³-hybridized carbons (Fsp3) is 0.600. The van der Waals surface area contributed by atoms with Crippen molar-refractivity contribution in [2.75, 3.05) is 0 Å². The summed E-state index contributed by atoms with van der Waals surface area (Å²) in [5.41, 5.74) is 1.13. The van der Waals surface area contributed by atoms with Gasteiger partial charge in [-0.15, -0.1) is 0 Å². The van der Waals surface area contributed by atoms with Crippen LogP contribution in [0.4, 0.5) is 0 Å². The van der Waals surface area contributed by atoms with Crippen LogP contribution in [-0.2, 0) is 6.54 Å². The lowest BCUT2D eigenvalue weighted by Crippen LogP contribution is -2.40. The summed E-state index contributed by atoms with van der Waals surface area (Å²) in [5.74, 6) is 1.56. The molecule has 0 spiro atoms. The first kappa shape index (κ1) is 14.2. The molecule has 1 saturated carbocycles. The molecule has 3 heteroatoms. The van der Waals surface area contributed by atoms with Gasteiger partial charge in [-0.25, -0.2) is 0 Å². The van der Waals surface area contributed by atoms with Gasteiger partial charge in [-0.1, -0.05) is 56.0 Å². The fourth-order valence-electron chi connectivity index (χ4n) is 2.78. The van der Waals surface area contributed by atoms with Crippen molar-refractivity contribution in [2.24, 2.45) is 11.8 Å². The van der Waals surface area contributed by atoms with Crippen molar-refractivity contribution in [3.05, 3.63) is 33.8 Å². The lowest BCUT2D eigenvalue weighted by molar-refractivity contribution is 0.206. The highest BCUT2D eigenvalue weighted by Crippen LogP contribution is 2.30. The minimum atomic E-state index is 0.612. The van der Waals surface area contributed by atoms with E-state index in [1.807, 2.05) is 18.2 Å². The average molecular weight is 286 g/mol. The van der Waals surface area contributed by atoms with E-state index in [1.54, 1.807) is 0 Å². The first-order valence-corrected chi connectivity index (χ1v) is 7.51. The predicted molar refractivity (Wildman–Crippen MR) is 79.3 cm³/mol. The summed E-state index contributed by atoms with van der Waals surface area (Å²) < 4.78 is 0. The maximum atomic E-state index is 6.19. The third-order valence-electron chi connectivity index (χ3n) is 4.28. The van der Waals surface area contributed by atoms with Crippen molar-refractivity contribution >= 4 is 23.2 Å². The molecule has 0 saturated heterocycles. The third-order valence-corrected chi connectivity index (χ3v) is 4.86. The van der Waals surface area contributed by atoms with E-state index in [-0.39, 0.29) is 0 Å². The van der Waals surface area contributed by atoms with Gasteiger partial charge < -0.3 is 5.32 Å². The van der Waals surface area contributed by atoms with Gasteiger partial charge in [0.25, 0.3) is 0 Å². The fourth-order valence-corrected chi connectivity index (χ4v) is 3.25. The molecular weight excluding hydrogens is 265 g/mol. The summed E-state index contributed by atoms with van der Waals surface area (Å²) in [6, 6.07) is 6.33. The molecule has 0 unspecified atom stereocenters. The Kier molecular flexibility index (Phi) is 4.94. The molecule has 2 rings (SSSR count). The van der Waals surface area contributed by atoms with Gasteiger partial charge in [-0.2, -0.15) is 0 Å². The van der Waals surface area contributed by atoms with Gasteiger partial charge in [-0.05, 0) is 36.0 Å². The van der Waals surface area contributed by atoms with Crippen LogP contribution in [0.25, 0.3) is 0 Å². The summed E-state index contributed by atoms with van der Waals surface area (Å²) in [6.07, 6.45) is 3.97. The molecule has 0 amide bonds. The van der Waals surface area contributed by atoms with Gasteiger partial charge in [0.15, 0.2) is 0 Å². The second-order valence-corrected chi connectivity index (χ2v) is 6.33. The van der Waals surface area contributed by atoms with Gasteiger partial charge in [-0.3, -0.25) is 0 Å². The van der Waals surface area contributed by atoms with Crippen molar-refractivity contribution in [2.45, 2.75) is 45.7 Å². The zero-order valence-corrected chi connectivity index (χ0v) is 12.6. The van der Waals surface area contributed by atoms with Gasteiger partial charge in [0.05, 0.1) is 0 Å². The lowest BCUT2D eigenvalue weighted by atomic mass is 9.78. The zero-order chi connectivity index (χ0) is 13.1. The average Bonchev–Trinajstić information content (AvgIpc) is 2.33. The minimum Gasteiger partial charge on any atom is -0.310 e. The smallest absolute Gasteiger partial charge is 0.0465 e. The predicted octanol–water partition coefficient (Wildman–Crippen LogP) is 4.91. The first-order chi connectivity index (χ1) is 8.58. The van der Waals surface area contributed by atoms with E-state index in [2.05, 4.69) is 19.2 Å². The van der Waals surface area contributed by atoms with Gasteiger partial charge in [0.1, 0.15) is 0 Å². The van der Waals surface area contributed by atoms with E-state index in [9.17, 15) is 0 Å². The molecule has 0 heterocycles.